The maximum atomic E-state index is 13.4. The Bertz CT molecular complexity index is 1950. The number of hydrogen-bond acceptors (Lipinski definition) is 6. The number of halogens is 4. The highest BCUT2D eigenvalue weighted by molar-refractivity contribution is 6.34. The number of aromatic nitrogens is 1. The molecule has 46 heavy (non-hydrogen) atoms. The van der Waals surface area contributed by atoms with E-state index in [2.05, 4.69) is 15.5 Å². The summed E-state index contributed by atoms with van der Waals surface area (Å²) in [4.78, 5) is 31.2. The third kappa shape index (κ3) is 7.00. The molecular weight excluding hydrogens is 621 g/mol. The molecule has 0 saturated heterocycles. The van der Waals surface area contributed by atoms with Crippen LogP contribution in [0.3, 0.4) is 0 Å². The molecule has 0 radical (unpaired) electrons. The Labute approximate surface area is 267 Å². The van der Waals surface area contributed by atoms with Crippen molar-refractivity contribution in [3.63, 3.8) is 0 Å². The van der Waals surface area contributed by atoms with E-state index in [0.29, 0.717) is 21.7 Å². The zero-order chi connectivity index (χ0) is 33.0. The summed E-state index contributed by atoms with van der Waals surface area (Å²) in [5.74, 6) is -1.33. The van der Waals surface area contributed by atoms with Crippen LogP contribution in [-0.4, -0.2) is 43.8 Å². The molecule has 1 heterocycles. The summed E-state index contributed by atoms with van der Waals surface area (Å²) < 4.78 is 50.3. The Hall–Kier alpha value is -5.29. The summed E-state index contributed by atoms with van der Waals surface area (Å²) in [6.45, 7) is 1.93. The van der Waals surface area contributed by atoms with Crippen LogP contribution in [0.1, 0.15) is 38.9 Å². The monoisotopic (exact) mass is 648 g/mol. The van der Waals surface area contributed by atoms with Gasteiger partial charge in [0.25, 0.3) is 5.91 Å². The van der Waals surface area contributed by atoms with Gasteiger partial charge in [-0.15, -0.1) is 0 Å². The lowest BCUT2D eigenvalue weighted by Gasteiger charge is -2.13. The van der Waals surface area contributed by atoms with Crippen molar-refractivity contribution < 1.29 is 32.2 Å². The number of fused-ring (bicyclic) bond motifs is 1. The van der Waals surface area contributed by atoms with Crippen LogP contribution in [0.25, 0.3) is 22.0 Å². The van der Waals surface area contributed by atoms with Crippen LogP contribution in [0.15, 0.2) is 90.0 Å². The maximum Gasteiger partial charge on any atom is 0.416 e. The fourth-order valence-corrected chi connectivity index (χ4v) is 4.96. The van der Waals surface area contributed by atoms with E-state index in [4.69, 9.17) is 21.1 Å². The van der Waals surface area contributed by atoms with Gasteiger partial charge >= 0.3 is 12.1 Å². The molecular formula is C34H28ClF3N4O4. The lowest BCUT2D eigenvalue weighted by Crippen LogP contribution is -2.19. The van der Waals surface area contributed by atoms with Gasteiger partial charge in [0.1, 0.15) is 5.69 Å². The van der Waals surface area contributed by atoms with Crippen LogP contribution in [0.2, 0.25) is 5.02 Å². The highest BCUT2D eigenvalue weighted by Gasteiger charge is 2.31. The summed E-state index contributed by atoms with van der Waals surface area (Å²) in [7, 11) is 3.85. The zero-order valence-corrected chi connectivity index (χ0v) is 25.7. The standard InChI is InChI=1S/C34H28ClF3N4O4/c1-4-45-29-16-20(12-15-28(29)46-33(44)21-8-7-9-22(17-21)34(36,37)38)19-39-41-32(43)31-30(24-10-5-6-11-26(24)35)25-18-23(42(2)3)13-14-27(25)40-31/h5-19,40H,4H2,1-3H3,(H,41,43). The summed E-state index contributed by atoms with van der Waals surface area (Å²) in [5, 5.41) is 5.40. The molecule has 0 unspecified atom stereocenters. The second-order valence-corrected chi connectivity index (χ2v) is 10.7. The van der Waals surface area contributed by atoms with Gasteiger partial charge in [-0.25, -0.2) is 10.2 Å². The van der Waals surface area contributed by atoms with Gasteiger partial charge in [-0.3, -0.25) is 4.79 Å². The molecule has 0 bridgehead atoms. The highest BCUT2D eigenvalue weighted by Crippen LogP contribution is 2.38. The number of amides is 1. The van der Waals surface area contributed by atoms with Crippen LogP contribution < -0.4 is 19.8 Å². The molecule has 1 aromatic heterocycles. The number of carbonyl (C=O) groups excluding carboxylic acids is 2. The van der Waals surface area contributed by atoms with E-state index in [9.17, 15) is 22.8 Å². The Morgan fingerprint density at radius 2 is 1.76 bits per heavy atom. The van der Waals surface area contributed by atoms with Crippen molar-refractivity contribution >= 4 is 46.3 Å². The van der Waals surface area contributed by atoms with E-state index in [0.717, 1.165) is 34.8 Å². The minimum atomic E-state index is -4.61. The smallest absolute Gasteiger partial charge is 0.416 e. The first kappa shape index (κ1) is 32.1. The van der Waals surface area contributed by atoms with Gasteiger partial charge < -0.3 is 19.4 Å². The first-order chi connectivity index (χ1) is 22.0. The first-order valence-corrected chi connectivity index (χ1v) is 14.4. The van der Waals surface area contributed by atoms with Crippen molar-refractivity contribution in [2.75, 3.05) is 25.6 Å². The average molecular weight is 649 g/mol. The topological polar surface area (TPSA) is 96.0 Å². The summed E-state index contributed by atoms with van der Waals surface area (Å²) >= 11 is 6.55. The van der Waals surface area contributed by atoms with Gasteiger partial charge in [-0.05, 0) is 73.2 Å². The number of anilines is 1. The molecule has 0 saturated carbocycles. The first-order valence-electron chi connectivity index (χ1n) is 14.0. The van der Waals surface area contributed by atoms with E-state index in [-0.39, 0.29) is 29.4 Å². The number of benzene rings is 4. The fraction of sp³-hybridized carbons (Fsp3) is 0.147. The number of hydrogen-bond donors (Lipinski definition) is 2. The molecule has 5 aromatic rings. The zero-order valence-electron chi connectivity index (χ0n) is 24.9. The predicted molar refractivity (Wildman–Crippen MR) is 172 cm³/mol. The summed E-state index contributed by atoms with van der Waals surface area (Å²) in [6, 6.07) is 21.5. The van der Waals surface area contributed by atoms with E-state index in [1.54, 1.807) is 19.1 Å². The number of carbonyl (C=O) groups is 2. The van der Waals surface area contributed by atoms with Crippen molar-refractivity contribution in [3.8, 4) is 22.6 Å². The number of nitrogens with one attached hydrogen (secondary N) is 2. The van der Waals surface area contributed by atoms with Crippen molar-refractivity contribution in [2.24, 2.45) is 5.10 Å². The van der Waals surface area contributed by atoms with Crippen molar-refractivity contribution in [1.82, 2.24) is 10.4 Å². The number of nitrogens with zero attached hydrogens (tertiary/aromatic N) is 2. The van der Waals surface area contributed by atoms with Crippen LogP contribution in [0.5, 0.6) is 11.5 Å². The SMILES string of the molecule is CCOc1cc(C=NNC(=O)c2[nH]c3ccc(N(C)C)cc3c2-c2ccccc2Cl)ccc1OC(=O)c1cccc(C(F)(F)F)c1. The molecule has 12 heteroatoms. The van der Waals surface area contributed by atoms with Crippen LogP contribution in [-0.2, 0) is 6.18 Å². The highest BCUT2D eigenvalue weighted by atomic mass is 35.5. The van der Waals surface area contributed by atoms with Gasteiger partial charge in [-0.2, -0.15) is 18.3 Å². The summed E-state index contributed by atoms with van der Waals surface area (Å²) in [6.07, 6.45) is -3.23. The van der Waals surface area contributed by atoms with Crippen LogP contribution in [0.4, 0.5) is 18.9 Å². The van der Waals surface area contributed by atoms with Gasteiger partial charge in [0, 0.05) is 46.8 Å². The number of aromatic amines is 1. The molecule has 8 nitrogen and oxygen atoms in total. The molecule has 0 aliphatic heterocycles. The van der Waals surface area contributed by atoms with E-state index < -0.39 is 23.6 Å². The fourth-order valence-electron chi connectivity index (χ4n) is 4.73. The molecule has 0 aliphatic rings. The number of alkyl halides is 3. The van der Waals surface area contributed by atoms with Gasteiger partial charge in [0.15, 0.2) is 11.5 Å². The Balaban J connectivity index is 1.38. The van der Waals surface area contributed by atoms with Crippen molar-refractivity contribution in [1.29, 1.82) is 0 Å². The molecule has 5 rings (SSSR count). The minimum Gasteiger partial charge on any atom is -0.490 e. The second kappa shape index (κ2) is 13.4. The number of hydrazone groups is 1. The number of esters is 1. The van der Waals surface area contributed by atoms with Crippen molar-refractivity contribution in [2.45, 2.75) is 13.1 Å². The largest absolute Gasteiger partial charge is 0.490 e. The molecule has 1 amide bonds. The lowest BCUT2D eigenvalue weighted by molar-refractivity contribution is -0.137. The quantitative estimate of drug-likeness (QED) is 0.0732. The van der Waals surface area contributed by atoms with E-state index >= 15 is 0 Å². The van der Waals surface area contributed by atoms with Crippen molar-refractivity contribution in [3.05, 3.63) is 112 Å². The molecule has 0 spiro atoms. The summed E-state index contributed by atoms with van der Waals surface area (Å²) in [5.41, 5.74) is 5.05. The van der Waals surface area contributed by atoms with Gasteiger partial charge in [0.05, 0.1) is 23.9 Å². The van der Waals surface area contributed by atoms with E-state index in [1.165, 1.54) is 24.4 Å². The van der Waals surface area contributed by atoms with Gasteiger partial charge in [-0.1, -0.05) is 35.9 Å². The molecule has 236 valence electrons. The molecule has 4 aromatic carbocycles. The molecule has 0 fully saturated rings. The maximum absolute atomic E-state index is 13.4. The predicted octanol–water partition coefficient (Wildman–Crippen LogP) is 7.95. The Morgan fingerprint density at radius 3 is 2.48 bits per heavy atom. The lowest BCUT2D eigenvalue weighted by atomic mass is 10.0. The van der Waals surface area contributed by atoms with Gasteiger partial charge in [0.2, 0.25) is 0 Å². The Morgan fingerprint density at radius 1 is 0.978 bits per heavy atom. The van der Waals surface area contributed by atoms with Crippen LogP contribution >= 0.6 is 11.6 Å². The second-order valence-electron chi connectivity index (χ2n) is 10.3. The normalized spacial score (nSPS) is 11.5. The third-order valence-electron chi connectivity index (χ3n) is 6.94. The molecule has 0 atom stereocenters. The Kier molecular flexibility index (Phi) is 9.33. The average Bonchev–Trinajstić information content (AvgIpc) is 3.41. The number of rotatable bonds is 9. The van der Waals surface area contributed by atoms with E-state index in [1.807, 2.05) is 55.4 Å². The molecule has 0 aliphatic carbocycles. The number of ether oxygens (including phenoxy) is 2. The minimum absolute atomic E-state index is 0.00463. The number of H-pyrrole nitrogens is 1. The molecule has 2 N–H and O–H groups in total. The van der Waals surface area contributed by atoms with Crippen LogP contribution in [0, 0.1) is 0 Å². The third-order valence-corrected chi connectivity index (χ3v) is 7.27.